The molecule has 2 atom stereocenters. The Morgan fingerprint density at radius 2 is 1.72 bits per heavy atom. The van der Waals surface area contributed by atoms with Crippen molar-refractivity contribution < 1.29 is 18.7 Å². The normalized spacial score (nSPS) is 18.2. The highest BCUT2D eigenvalue weighted by Gasteiger charge is 2.41. The van der Waals surface area contributed by atoms with Crippen LogP contribution in [0.2, 0.25) is 0 Å². The van der Waals surface area contributed by atoms with Crippen LogP contribution in [0.15, 0.2) is 97.3 Å². The SMILES string of the molecule is Cc1ccc(C2=NN3[C@@H](C2)c2cc(Br)ccc2O[C@H]3c2ccc(OC(=O)c3ccc(Br)cc3)cc2)o1. The van der Waals surface area contributed by atoms with Crippen LogP contribution >= 0.6 is 31.9 Å². The molecule has 36 heavy (non-hydrogen) atoms. The molecule has 2 aliphatic rings. The van der Waals surface area contributed by atoms with E-state index in [1.54, 1.807) is 24.3 Å². The summed E-state index contributed by atoms with van der Waals surface area (Å²) in [5.41, 5.74) is 3.34. The maximum Gasteiger partial charge on any atom is 0.343 e. The molecule has 180 valence electrons. The number of carbonyl (C=O) groups is 1. The predicted molar refractivity (Wildman–Crippen MR) is 142 cm³/mol. The Morgan fingerprint density at radius 1 is 0.972 bits per heavy atom. The number of halogens is 2. The fraction of sp³-hybridized carbons (Fsp3) is 0.143. The van der Waals surface area contributed by atoms with Crippen LogP contribution in [0, 0.1) is 6.92 Å². The van der Waals surface area contributed by atoms with Crippen LogP contribution in [0.25, 0.3) is 0 Å². The average Bonchev–Trinajstić information content (AvgIpc) is 3.51. The van der Waals surface area contributed by atoms with Gasteiger partial charge in [0.2, 0.25) is 6.23 Å². The molecular weight excluding hydrogens is 588 g/mol. The van der Waals surface area contributed by atoms with Crippen LogP contribution in [-0.4, -0.2) is 16.7 Å². The van der Waals surface area contributed by atoms with Gasteiger partial charge in [0.25, 0.3) is 0 Å². The maximum absolute atomic E-state index is 12.5. The smallest absolute Gasteiger partial charge is 0.343 e. The van der Waals surface area contributed by atoms with Gasteiger partial charge in [-0.15, -0.1) is 0 Å². The van der Waals surface area contributed by atoms with Gasteiger partial charge < -0.3 is 13.9 Å². The van der Waals surface area contributed by atoms with E-state index in [1.807, 2.05) is 60.5 Å². The van der Waals surface area contributed by atoms with Gasteiger partial charge in [0.15, 0.2) is 0 Å². The van der Waals surface area contributed by atoms with Gasteiger partial charge in [0, 0.05) is 26.5 Å². The zero-order valence-electron chi connectivity index (χ0n) is 19.2. The molecule has 4 aromatic rings. The third kappa shape index (κ3) is 4.35. The van der Waals surface area contributed by atoms with Crippen LogP contribution < -0.4 is 9.47 Å². The minimum atomic E-state index is -0.437. The van der Waals surface area contributed by atoms with Crippen molar-refractivity contribution in [2.75, 3.05) is 0 Å². The summed E-state index contributed by atoms with van der Waals surface area (Å²) in [4.78, 5) is 12.5. The largest absolute Gasteiger partial charge is 0.464 e. The lowest BCUT2D eigenvalue weighted by Gasteiger charge is -2.38. The van der Waals surface area contributed by atoms with Crippen LogP contribution in [0.5, 0.6) is 11.5 Å². The van der Waals surface area contributed by atoms with Crippen molar-refractivity contribution in [1.82, 2.24) is 5.01 Å². The first kappa shape index (κ1) is 23.1. The molecule has 2 aliphatic heterocycles. The number of benzene rings is 3. The molecule has 6 rings (SSSR count). The molecule has 0 spiro atoms. The fourth-order valence-corrected chi connectivity index (χ4v) is 5.11. The Bertz CT molecular complexity index is 1480. The average molecular weight is 608 g/mol. The predicted octanol–water partition coefficient (Wildman–Crippen LogP) is 7.57. The number of esters is 1. The quantitative estimate of drug-likeness (QED) is 0.177. The molecular formula is C28H20Br2N2O4. The maximum atomic E-state index is 12.5. The molecule has 8 heteroatoms. The number of hydrazone groups is 1. The fourth-order valence-electron chi connectivity index (χ4n) is 4.47. The van der Waals surface area contributed by atoms with Crippen molar-refractivity contribution >= 4 is 43.5 Å². The second kappa shape index (κ2) is 9.26. The molecule has 0 bridgehead atoms. The zero-order valence-corrected chi connectivity index (χ0v) is 22.3. The first-order chi connectivity index (χ1) is 17.4. The van der Waals surface area contributed by atoms with E-state index in [-0.39, 0.29) is 6.04 Å². The van der Waals surface area contributed by atoms with Crippen LogP contribution in [-0.2, 0) is 0 Å². The van der Waals surface area contributed by atoms with Crippen LogP contribution in [0.4, 0.5) is 0 Å². The number of rotatable bonds is 4. The number of carbonyl (C=O) groups excluding carboxylic acids is 1. The number of furan rings is 1. The Hall–Kier alpha value is -3.36. The standard InChI is InChI=1S/C28H20Br2N2O4/c1-16-2-12-26(34-16)23-15-24-22-14-20(30)9-13-25(22)36-27(32(24)31-23)17-5-10-21(11-6-17)35-28(33)18-3-7-19(29)8-4-18/h2-14,24,27H,15H2,1H3/t24-,27-/m0/s1. The second-order valence-electron chi connectivity index (χ2n) is 8.67. The Morgan fingerprint density at radius 3 is 2.44 bits per heavy atom. The van der Waals surface area contributed by atoms with E-state index >= 15 is 0 Å². The first-order valence-corrected chi connectivity index (χ1v) is 13.0. The zero-order chi connectivity index (χ0) is 24.8. The lowest BCUT2D eigenvalue weighted by atomic mass is 9.97. The molecule has 0 amide bonds. The van der Waals surface area contributed by atoms with E-state index in [2.05, 4.69) is 37.9 Å². The molecule has 1 aromatic heterocycles. The first-order valence-electron chi connectivity index (χ1n) is 11.4. The lowest BCUT2D eigenvalue weighted by molar-refractivity contribution is -0.0191. The summed E-state index contributed by atoms with van der Waals surface area (Å²) in [6.45, 7) is 1.93. The summed E-state index contributed by atoms with van der Waals surface area (Å²) >= 11 is 6.96. The van der Waals surface area contributed by atoms with Gasteiger partial charge in [-0.2, -0.15) is 5.10 Å². The van der Waals surface area contributed by atoms with Crippen molar-refractivity contribution in [2.24, 2.45) is 5.10 Å². The van der Waals surface area contributed by atoms with E-state index in [1.165, 1.54) is 0 Å². The topological polar surface area (TPSA) is 64.3 Å². The van der Waals surface area contributed by atoms with Crippen LogP contribution in [0.1, 0.15) is 51.7 Å². The highest BCUT2D eigenvalue weighted by molar-refractivity contribution is 9.10. The van der Waals surface area contributed by atoms with Crippen molar-refractivity contribution in [1.29, 1.82) is 0 Å². The summed E-state index contributed by atoms with van der Waals surface area (Å²) in [7, 11) is 0. The van der Waals surface area contributed by atoms with E-state index in [4.69, 9.17) is 19.0 Å². The highest BCUT2D eigenvalue weighted by Crippen LogP contribution is 2.48. The molecule has 3 heterocycles. The van der Waals surface area contributed by atoms with Gasteiger partial charge in [-0.3, -0.25) is 0 Å². The molecule has 0 fully saturated rings. The monoisotopic (exact) mass is 606 g/mol. The van der Waals surface area contributed by atoms with Gasteiger partial charge >= 0.3 is 5.97 Å². The Kier molecular flexibility index (Phi) is 5.93. The van der Waals surface area contributed by atoms with Crippen molar-refractivity contribution in [3.8, 4) is 11.5 Å². The molecule has 0 aliphatic carbocycles. The van der Waals surface area contributed by atoms with Crippen molar-refractivity contribution in [3.05, 3.63) is 116 Å². The summed E-state index contributed by atoms with van der Waals surface area (Å²) < 4.78 is 19.7. The Balaban J connectivity index is 1.29. The summed E-state index contributed by atoms with van der Waals surface area (Å²) in [5, 5.41) is 6.92. The molecule has 0 saturated carbocycles. The van der Waals surface area contributed by atoms with Gasteiger partial charge in [-0.1, -0.05) is 31.9 Å². The summed E-state index contributed by atoms with van der Waals surface area (Å²) in [6.07, 6.45) is 0.271. The van der Waals surface area contributed by atoms with Crippen LogP contribution in [0.3, 0.4) is 0 Å². The highest BCUT2D eigenvalue weighted by atomic mass is 79.9. The third-order valence-corrected chi connectivity index (χ3v) is 7.25. The molecule has 0 N–H and O–H groups in total. The molecule has 6 nitrogen and oxygen atoms in total. The number of hydrogen-bond acceptors (Lipinski definition) is 6. The number of fused-ring (bicyclic) bond motifs is 3. The Labute approximate surface area is 224 Å². The molecule has 0 radical (unpaired) electrons. The van der Waals surface area contributed by atoms with Gasteiger partial charge in [-0.25, -0.2) is 9.80 Å². The lowest BCUT2D eigenvalue weighted by Crippen LogP contribution is -2.33. The minimum absolute atomic E-state index is 0.00608. The molecule has 3 aromatic carbocycles. The van der Waals surface area contributed by atoms with Gasteiger partial charge in [-0.05, 0) is 85.8 Å². The van der Waals surface area contributed by atoms with Gasteiger partial charge in [0.1, 0.15) is 28.7 Å². The number of hydrogen-bond donors (Lipinski definition) is 0. The molecule has 0 unspecified atom stereocenters. The minimum Gasteiger partial charge on any atom is -0.464 e. The third-order valence-electron chi connectivity index (χ3n) is 6.23. The second-order valence-corrected chi connectivity index (χ2v) is 10.5. The number of aryl methyl sites for hydroxylation is 1. The van der Waals surface area contributed by atoms with E-state index in [9.17, 15) is 4.79 Å². The number of ether oxygens (including phenoxy) is 2. The van der Waals surface area contributed by atoms with Crippen molar-refractivity contribution in [3.63, 3.8) is 0 Å². The van der Waals surface area contributed by atoms with E-state index in [0.29, 0.717) is 17.7 Å². The van der Waals surface area contributed by atoms with Crippen molar-refractivity contribution in [2.45, 2.75) is 25.6 Å². The number of nitrogens with zero attached hydrogens (tertiary/aromatic N) is 2. The summed E-state index contributed by atoms with van der Waals surface area (Å²) in [6, 6.07) is 24.4. The van der Waals surface area contributed by atoms with Gasteiger partial charge in [0.05, 0.1) is 11.6 Å². The molecule has 0 saturated heterocycles. The van der Waals surface area contributed by atoms with E-state index in [0.717, 1.165) is 43.1 Å². The summed E-state index contributed by atoms with van der Waals surface area (Å²) in [5.74, 6) is 2.49. The van der Waals surface area contributed by atoms with E-state index < -0.39 is 12.2 Å².